The predicted octanol–water partition coefficient (Wildman–Crippen LogP) is 4.47. The highest BCUT2D eigenvalue weighted by molar-refractivity contribution is 9.10. The molecule has 0 fully saturated rings. The summed E-state index contributed by atoms with van der Waals surface area (Å²) in [6.45, 7) is 1.85. The van der Waals surface area contributed by atoms with Crippen LogP contribution in [-0.2, 0) is 0 Å². The Morgan fingerprint density at radius 2 is 1.81 bits per heavy atom. The fourth-order valence-electron chi connectivity index (χ4n) is 1.78. The van der Waals surface area contributed by atoms with Gasteiger partial charge in [0.25, 0.3) is 5.91 Å². The molecule has 0 atom stereocenters. The van der Waals surface area contributed by atoms with Gasteiger partial charge in [-0.05, 0) is 58.7 Å². The number of anilines is 1. The van der Waals surface area contributed by atoms with Crippen LogP contribution in [0.15, 0.2) is 45.3 Å². The Hall–Kier alpha value is -1.66. The monoisotopic (exact) mass is 411 g/mol. The quantitative estimate of drug-likeness (QED) is 0.781. The van der Waals surface area contributed by atoms with Gasteiger partial charge in [-0.15, -0.1) is 0 Å². The SMILES string of the molecule is Cc1ccc(Br)cc1C(=O)Nc1ccc(C(=O)O)cc1Br. The average molecular weight is 413 g/mol. The van der Waals surface area contributed by atoms with Gasteiger partial charge in [0, 0.05) is 14.5 Å². The third-order valence-corrected chi connectivity index (χ3v) is 4.06. The van der Waals surface area contributed by atoms with E-state index >= 15 is 0 Å². The van der Waals surface area contributed by atoms with E-state index in [1.54, 1.807) is 12.1 Å². The van der Waals surface area contributed by atoms with Crippen molar-refractivity contribution in [2.75, 3.05) is 5.32 Å². The highest BCUT2D eigenvalue weighted by atomic mass is 79.9. The summed E-state index contributed by atoms with van der Waals surface area (Å²) in [5.74, 6) is -1.27. The van der Waals surface area contributed by atoms with Gasteiger partial charge in [-0.1, -0.05) is 22.0 Å². The minimum absolute atomic E-state index is 0.151. The number of halogens is 2. The molecule has 0 radical (unpaired) electrons. The molecular weight excluding hydrogens is 402 g/mol. The molecule has 6 heteroatoms. The lowest BCUT2D eigenvalue weighted by Crippen LogP contribution is -2.14. The van der Waals surface area contributed by atoms with Crippen molar-refractivity contribution < 1.29 is 14.7 Å². The topological polar surface area (TPSA) is 66.4 Å². The molecule has 108 valence electrons. The van der Waals surface area contributed by atoms with Crippen molar-refractivity contribution in [1.29, 1.82) is 0 Å². The molecule has 2 rings (SSSR count). The van der Waals surface area contributed by atoms with Crippen LogP contribution >= 0.6 is 31.9 Å². The van der Waals surface area contributed by atoms with Crippen molar-refractivity contribution in [3.8, 4) is 0 Å². The van der Waals surface area contributed by atoms with E-state index in [-0.39, 0.29) is 11.5 Å². The van der Waals surface area contributed by atoms with Crippen LogP contribution in [0.3, 0.4) is 0 Å². The summed E-state index contributed by atoms with van der Waals surface area (Å²) in [5, 5.41) is 11.7. The standard InChI is InChI=1S/C15H11Br2NO3/c1-8-2-4-10(16)7-11(8)14(19)18-13-5-3-9(15(20)21)6-12(13)17/h2-7H,1H3,(H,18,19)(H,20,21). The molecule has 2 aromatic carbocycles. The molecule has 0 aliphatic carbocycles. The summed E-state index contributed by atoms with van der Waals surface area (Å²) in [6.07, 6.45) is 0. The lowest BCUT2D eigenvalue weighted by molar-refractivity contribution is 0.0696. The number of hydrogen-bond acceptors (Lipinski definition) is 2. The zero-order valence-electron chi connectivity index (χ0n) is 11.0. The Morgan fingerprint density at radius 3 is 2.43 bits per heavy atom. The Labute approximate surface area is 138 Å². The first-order valence-electron chi connectivity index (χ1n) is 5.99. The first-order valence-corrected chi connectivity index (χ1v) is 7.57. The number of carboxylic acids is 1. The second-order valence-corrected chi connectivity index (χ2v) is 6.18. The molecule has 0 aliphatic heterocycles. The van der Waals surface area contributed by atoms with Gasteiger partial charge in [0.1, 0.15) is 0 Å². The number of carbonyl (C=O) groups excluding carboxylic acids is 1. The highest BCUT2D eigenvalue weighted by Gasteiger charge is 2.13. The number of amides is 1. The molecule has 0 bridgehead atoms. The Kier molecular flexibility index (Phi) is 4.80. The van der Waals surface area contributed by atoms with Gasteiger partial charge in [0.15, 0.2) is 0 Å². The second kappa shape index (κ2) is 6.41. The molecule has 0 heterocycles. The number of nitrogens with one attached hydrogen (secondary N) is 1. The van der Waals surface area contributed by atoms with Crippen molar-refractivity contribution in [2.24, 2.45) is 0 Å². The summed E-state index contributed by atoms with van der Waals surface area (Å²) in [7, 11) is 0. The molecular formula is C15H11Br2NO3. The van der Waals surface area contributed by atoms with Crippen molar-refractivity contribution in [3.63, 3.8) is 0 Å². The van der Waals surface area contributed by atoms with E-state index in [2.05, 4.69) is 37.2 Å². The highest BCUT2D eigenvalue weighted by Crippen LogP contribution is 2.25. The molecule has 21 heavy (non-hydrogen) atoms. The molecule has 0 saturated carbocycles. The number of aryl methyl sites for hydroxylation is 1. The number of carboxylic acid groups (broad SMARTS) is 1. The molecule has 0 aliphatic rings. The Bertz CT molecular complexity index is 729. The van der Waals surface area contributed by atoms with Crippen molar-refractivity contribution in [3.05, 3.63) is 62.0 Å². The summed E-state index contributed by atoms with van der Waals surface area (Å²) in [6, 6.07) is 9.90. The van der Waals surface area contributed by atoms with Crippen molar-refractivity contribution >= 4 is 49.4 Å². The normalized spacial score (nSPS) is 10.2. The van der Waals surface area contributed by atoms with Gasteiger partial charge in [0.2, 0.25) is 0 Å². The maximum Gasteiger partial charge on any atom is 0.335 e. The molecule has 0 aromatic heterocycles. The summed E-state index contributed by atoms with van der Waals surface area (Å²) in [5.41, 5.74) is 2.08. The van der Waals surface area contributed by atoms with Gasteiger partial charge in [-0.3, -0.25) is 4.79 Å². The molecule has 0 saturated heterocycles. The second-order valence-electron chi connectivity index (χ2n) is 4.41. The molecule has 4 nitrogen and oxygen atoms in total. The minimum atomic E-state index is -1.02. The van der Waals surface area contributed by atoms with Crippen LogP contribution < -0.4 is 5.32 Å². The third-order valence-electron chi connectivity index (χ3n) is 2.91. The van der Waals surface area contributed by atoms with Crippen LogP contribution in [0.5, 0.6) is 0 Å². The maximum absolute atomic E-state index is 12.3. The van der Waals surface area contributed by atoms with E-state index in [1.165, 1.54) is 12.1 Å². The van der Waals surface area contributed by atoms with Crippen LogP contribution in [0.2, 0.25) is 0 Å². The minimum Gasteiger partial charge on any atom is -0.478 e. The number of benzene rings is 2. The van der Waals surface area contributed by atoms with Gasteiger partial charge in [0.05, 0.1) is 11.3 Å². The average Bonchev–Trinajstić information content (AvgIpc) is 2.43. The van der Waals surface area contributed by atoms with E-state index in [4.69, 9.17) is 5.11 Å². The first-order chi connectivity index (χ1) is 9.88. The van der Waals surface area contributed by atoms with Crippen LogP contribution in [0.4, 0.5) is 5.69 Å². The number of carbonyl (C=O) groups is 2. The Morgan fingerprint density at radius 1 is 1.10 bits per heavy atom. The smallest absolute Gasteiger partial charge is 0.335 e. The van der Waals surface area contributed by atoms with Gasteiger partial charge >= 0.3 is 5.97 Å². The lowest BCUT2D eigenvalue weighted by atomic mass is 10.1. The van der Waals surface area contributed by atoms with E-state index in [0.717, 1.165) is 10.0 Å². The fraction of sp³-hybridized carbons (Fsp3) is 0.0667. The fourth-order valence-corrected chi connectivity index (χ4v) is 2.62. The number of hydrogen-bond donors (Lipinski definition) is 2. The van der Waals surface area contributed by atoms with Crippen LogP contribution in [-0.4, -0.2) is 17.0 Å². The van der Waals surface area contributed by atoms with Crippen molar-refractivity contribution in [1.82, 2.24) is 0 Å². The number of aromatic carboxylic acids is 1. The van der Waals surface area contributed by atoms with Crippen LogP contribution in [0.1, 0.15) is 26.3 Å². The summed E-state index contributed by atoms with van der Waals surface area (Å²) in [4.78, 5) is 23.2. The largest absolute Gasteiger partial charge is 0.478 e. The van der Waals surface area contributed by atoms with Crippen LogP contribution in [0.25, 0.3) is 0 Å². The molecule has 1 amide bonds. The zero-order chi connectivity index (χ0) is 15.6. The molecule has 2 N–H and O–H groups in total. The van der Waals surface area contributed by atoms with Gasteiger partial charge in [-0.25, -0.2) is 4.79 Å². The third kappa shape index (κ3) is 3.71. The van der Waals surface area contributed by atoms with Crippen LogP contribution in [0, 0.1) is 6.92 Å². The molecule has 0 spiro atoms. The Balaban J connectivity index is 2.27. The number of rotatable bonds is 3. The summed E-state index contributed by atoms with van der Waals surface area (Å²) >= 11 is 6.60. The molecule has 0 unspecified atom stereocenters. The van der Waals surface area contributed by atoms with Gasteiger partial charge < -0.3 is 10.4 Å². The lowest BCUT2D eigenvalue weighted by Gasteiger charge is -2.10. The molecule has 2 aromatic rings. The summed E-state index contributed by atoms with van der Waals surface area (Å²) < 4.78 is 1.34. The van der Waals surface area contributed by atoms with E-state index in [1.807, 2.05) is 19.1 Å². The maximum atomic E-state index is 12.3. The predicted molar refractivity (Wildman–Crippen MR) is 87.9 cm³/mol. The zero-order valence-corrected chi connectivity index (χ0v) is 14.2. The van der Waals surface area contributed by atoms with E-state index < -0.39 is 5.97 Å². The van der Waals surface area contributed by atoms with Gasteiger partial charge in [-0.2, -0.15) is 0 Å². The van der Waals surface area contributed by atoms with E-state index in [0.29, 0.717) is 15.7 Å². The van der Waals surface area contributed by atoms with E-state index in [9.17, 15) is 9.59 Å². The first kappa shape index (κ1) is 15.7. The van der Waals surface area contributed by atoms with Crippen molar-refractivity contribution in [2.45, 2.75) is 6.92 Å².